The molecule has 0 heterocycles. The number of benzene rings is 2. The zero-order chi connectivity index (χ0) is 19.1. The Morgan fingerprint density at radius 1 is 1.04 bits per heavy atom. The Kier molecular flexibility index (Phi) is 6.36. The number of carbonyl (C=O) groups excluding carboxylic acids is 2. The fourth-order valence-corrected chi connectivity index (χ4v) is 2.21. The molecular weight excluding hydrogens is 352 g/mol. The zero-order valence-corrected chi connectivity index (χ0v) is 15.0. The Labute approximate surface area is 156 Å². The summed E-state index contributed by atoms with van der Waals surface area (Å²) in [7, 11) is 0. The predicted octanol–water partition coefficient (Wildman–Crippen LogP) is 4.06. The normalized spacial score (nSPS) is 10.6. The Balaban J connectivity index is 2.04. The molecule has 26 heavy (non-hydrogen) atoms. The van der Waals surface area contributed by atoms with Crippen LogP contribution in [0.2, 0.25) is 5.02 Å². The first-order chi connectivity index (χ1) is 12.4. The van der Waals surface area contributed by atoms with E-state index in [1.165, 1.54) is 13.1 Å². The van der Waals surface area contributed by atoms with Gasteiger partial charge in [-0.1, -0.05) is 17.7 Å². The maximum atomic E-state index is 12.2. The summed E-state index contributed by atoms with van der Waals surface area (Å²) < 4.78 is 0. The van der Waals surface area contributed by atoms with Crippen molar-refractivity contribution in [2.45, 2.75) is 13.8 Å². The van der Waals surface area contributed by atoms with Crippen molar-refractivity contribution in [1.29, 1.82) is 5.26 Å². The van der Waals surface area contributed by atoms with Crippen LogP contribution in [0.4, 0.5) is 17.1 Å². The van der Waals surface area contributed by atoms with Gasteiger partial charge in [0.1, 0.15) is 11.6 Å². The minimum atomic E-state index is -0.550. The van der Waals surface area contributed by atoms with E-state index in [0.717, 1.165) is 5.56 Å². The van der Waals surface area contributed by atoms with Gasteiger partial charge in [-0.15, -0.1) is 0 Å². The molecule has 132 valence electrons. The molecule has 6 nitrogen and oxygen atoms in total. The maximum absolute atomic E-state index is 12.2. The van der Waals surface area contributed by atoms with Crippen LogP contribution in [-0.4, -0.2) is 11.8 Å². The number of halogens is 1. The number of carbonyl (C=O) groups is 2. The maximum Gasteiger partial charge on any atom is 0.267 e. The lowest BCUT2D eigenvalue weighted by atomic mass is 10.2. The molecule has 2 rings (SSSR count). The Bertz CT molecular complexity index is 899. The quantitative estimate of drug-likeness (QED) is 0.547. The number of amides is 2. The van der Waals surface area contributed by atoms with Gasteiger partial charge in [0.2, 0.25) is 5.91 Å². The number of nitriles is 1. The van der Waals surface area contributed by atoms with Gasteiger partial charge in [-0.25, -0.2) is 0 Å². The van der Waals surface area contributed by atoms with Crippen LogP contribution in [0.25, 0.3) is 0 Å². The summed E-state index contributed by atoms with van der Waals surface area (Å²) in [5, 5.41) is 17.9. The summed E-state index contributed by atoms with van der Waals surface area (Å²) in [5.74, 6) is -0.732. The summed E-state index contributed by atoms with van der Waals surface area (Å²) in [6.07, 6.45) is 1.32. The van der Waals surface area contributed by atoms with Crippen LogP contribution >= 0.6 is 11.6 Å². The van der Waals surface area contributed by atoms with Gasteiger partial charge in [0.15, 0.2) is 0 Å². The lowest BCUT2D eigenvalue weighted by Gasteiger charge is -2.07. The lowest BCUT2D eigenvalue weighted by Crippen LogP contribution is -2.14. The number of hydrogen-bond donors (Lipinski definition) is 3. The van der Waals surface area contributed by atoms with Crippen molar-refractivity contribution in [3.05, 3.63) is 64.8 Å². The van der Waals surface area contributed by atoms with Gasteiger partial charge in [0, 0.05) is 35.2 Å². The minimum Gasteiger partial charge on any atom is -0.360 e. The van der Waals surface area contributed by atoms with Crippen LogP contribution in [-0.2, 0) is 9.59 Å². The van der Waals surface area contributed by atoms with E-state index in [9.17, 15) is 14.9 Å². The van der Waals surface area contributed by atoms with Gasteiger partial charge in [0.05, 0.1) is 0 Å². The fraction of sp³-hybridized carbons (Fsp3) is 0.105. The molecule has 2 aromatic rings. The van der Waals surface area contributed by atoms with Gasteiger partial charge < -0.3 is 16.0 Å². The van der Waals surface area contributed by atoms with Crippen LogP contribution in [0, 0.1) is 18.3 Å². The Hall–Kier alpha value is -3.30. The predicted molar refractivity (Wildman–Crippen MR) is 103 cm³/mol. The van der Waals surface area contributed by atoms with Gasteiger partial charge >= 0.3 is 0 Å². The Morgan fingerprint density at radius 3 is 2.15 bits per heavy atom. The molecular formula is C19H17ClN4O2. The second-order valence-electron chi connectivity index (χ2n) is 5.49. The molecule has 2 aromatic carbocycles. The highest BCUT2D eigenvalue weighted by Gasteiger charge is 2.09. The van der Waals surface area contributed by atoms with E-state index in [4.69, 9.17) is 11.6 Å². The Morgan fingerprint density at radius 2 is 1.62 bits per heavy atom. The van der Waals surface area contributed by atoms with E-state index in [2.05, 4.69) is 16.0 Å². The van der Waals surface area contributed by atoms with E-state index in [1.807, 2.05) is 19.1 Å². The third kappa shape index (κ3) is 5.36. The fourth-order valence-electron chi connectivity index (χ4n) is 2.03. The zero-order valence-electron chi connectivity index (χ0n) is 14.3. The molecule has 3 N–H and O–H groups in total. The largest absolute Gasteiger partial charge is 0.360 e. The van der Waals surface area contributed by atoms with Crippen LogP contribution in [0.1, 0.15) is 12.5 Å². The average molecular weight is 369 g/mol. The number of anilines is 3. The average Bonchev–Trinajstić information content (AvgIpc) is 2.60. The van der Waals surface area contributed by atoms with Crippen molar-refractivity contribution in [1.82, 2.24) is 0 Å². The minimum absolute atomic E-state index is 0.0902. The molecule has 0 aliphatic heterocycles. The van der Waals surface area contributed by atoms with Crippen molar-refractivity contribution in [3.63, 3.8) is 0 Å². The van der Waals surface area contributed by atoms with Crippen molar-refractivity contribution < 1.29 is 9.59 Å². The standard InChI is InChI=1S/C19H17ClN4O2/c1-12-3-4-17(9-18(12)20)22-11-14(10-21)19(26)24-16-7-5-15(6-8-16)23-13(2)25/h3-9,11,22H,1-2H3,(H,23,25)(H,24,26)/b14-11-. The van der Waals surface area contributed by atoms with Gasteiger partial charge in [-0.05, 0) is 48.9 Å². The third-order valence-corrected chi connectivity index (χ3v) is 3.79. The second-order valence-corrected chi connectivity index (χ2v) is 5.90. The lowest BCUT2D eigenvalue weighted by molar-refractivity contribution is -0.114. The summed E-state index contributed by atoms with van der Waals surface area (Å²) in [6, 6.07) is 13.8. The van der Waals surface area contributed by atoms with E-state index in [0.29, 0.717) is 22.1 Å². The van der Waals surface area contributed by atoms with E-state index in [-0.39, 0.29) is 11.5 Å². The van der Waals surface area contributed by atoms with Crippen molar-refractivity contribution in [2.75, 3.05) is 16.0 Å². The first-order valence-corrected chi connectivity index (χ1v) is 8.09. The van der Waals surface area contributed by atoms with Crippen LogP contribution in [0.15, 0.2) is 54.2 Å². The summed E-state index contributed by atoms with van der Waals surface area (Å²) in [5.41, 5.74) is 2.63. The monoisotopic (exact) mass is 368 g/mol. The summed E-state index contributed by atoms with van der Waals surface area (Å²) in [4.78, 5) is 23.2. The number of rotatable bonds is 5. The molecule has 0 fully saturated rings. The molecule has 0 aliphatic carbocycles. The van der Waals surface area contributed by atoms with Crippen molar-refractivity contribution in [3.8, 4) is 6.07 Å². The molecule has 0 atom stereocenters. The summed E-state index contributed by atoms with van der Waals surface area (Å²) in [6.45, 7) is 3.29. The van der Waals surface area contributed by atoms with Crippen LogP contribution < -0.4 is 16.0 Å². The van der Waals surface area contributed by atoms with Gasteiger partial charge in [-0.3, -0.25) is 9.59 Å². The number of hydrogen-bond acceptors (Lipinski definition) is 4. The molecule has 2 amide bonds. The molecule has 0 unspecified atom stereocenters. The third-order valence-electron chi connectivity index (χ3n) is 3.38. The SMILES string of the molecule is CC(=O)Nc1ccc(NC(=O)/C(C#N)=C\Nc2ccc(C)c(Cl)c2)cc1. The summed E-state index contributed by atoms with van der Waals surface area (Å²) >= 11 is 6.05. The first kappa shape index (κ1) is 19.0. The highest BCUT2D eigenvalue weighted by Crippen LogP contribution is 2.20. The smallest absolute Gasteiger partial charge is 0.267 e. The molecule has 7 heteroatoms. The van der Waals surface area contributed by atoms with E-state index in [1.54, 1.807) is 36.4 Å². The van der Waals surface area contributed by atoms with E-state index >= 15 is 0 Å². The van der Waals surface area contributed by atoms with Crippen molar-refractivity contribution in [2.24, 2.45) is 0 Å². The number of nitrogens with zero attached hydrogens (tertiary/aromatic N) is 1. The van der Waals surface area contributed by atoms with Crippen molar-refractivity contribution >= 4 is 40.5 Å². The molecule has 0 aromatic heterocycles. The topological polar surface area (TPSA) is 94.0 Å². The first-order valence-electron chi connectivity index (χ1n) is 7.71. The highest BCUT2D eigenvalue weighted by molar-refractivity contribution is 6.31. The molecule has 0 radical (unpaired) electrons. The van der Waals surface area contributed by atoms with E-state index < -0.39 is 5.91 Å². The van der Waals surface area contributed by atoms with Crippen LogP contribution in [0.5, 0.6) is 0 Å². The van der Waals surface area contributed by atoms with Crippen LogP contribution in [0.3, 0.4) is 0 Å². The number of nitrogens with one attached hydrogen (secondary N) is 3. The molecule has 0 aliphatic rings. The van der Waals surface area contributed by atoms with Gasteiger partial charge in [0.25, 0.3) is 5.91 Å². The highest BCUT2D eigenvalue weighted by atomic mass is 35.5. The molecule has 0 bridgehead atoms. The molecule has 0 saturated heterocycles. The molecule has 0 spiro atoms. The van der Waals surface area contributed by atoms with Gasteiger partial charge in [-0.2, -0.15) is 5.26 Å². The molecule has 0 saturated carbocycles. The number of aryl methyl sites for hydroxylation is 1. The second kappa shape index (κ2) is 8.70.